The van der Waals surface area contributed by atoms with Crippen molar-refractivity contribution in [2.24, 2.45) is 27.8 Å². The predicted octanol–water partition coefficient (Wildman–Crippen LogP) is 5.38. The quantitative estimate of drug-likeness (QED) is 0.325. The van der Waals surface area contributed by atoms with E-state index in [2.05, 4.69) is 73.1 Å². The van der Waals surface area contributed by atoms with Crippen molar-refractivity contribution in [3.8, 4) is 0 Å². The van der Waals surface area contributed by atoms with Gasteiger partial charge in [0.15, 0.2) is 5.17 Å². The first-order valence-corrected chi connectivity index (χ1v) is 11.3. The molecular formula is C24H34N4S. The average Bonchev–Trinajstić information content (AvgIpc) is 2.67. The number of hydrogen-bond acceptors (Lipinski definition) is 4. The van der Waals surface area contributed by atoms with Gasteiger partial charge in [-0.3, -0.25) is 4.90 Å². The number of hydrogen-bond donors (Lipinski definition) is 1. The second-order valence-corrected chi connectivity index (χ2v) is 9.13. The maximum atomic E-state index is 6.01. The number of thioether (sulfide) groups is 1. The number of nitrogens with zero attached hydrogens (tertiary/aromatic N) is 3. The summed E-state index contributed by atoms with van der Waals surface area (Å²) in [7, 11) is 0. The molecule has 0 spiro atoms. The van der Waals surface area contributed by atoms with Crippen molar-refractivity contribution < 1.29 is 0 Å². The van der Waals surface area contributed by atoms with Crippen LogP contribution in [0.5, 0.6) is 0 Å². The van der Waals surface area contributed by atoms with E-state index >= 15 is 0 Å². The van der Waals surface area contributed by atoms with E-state index in [1.165, 1.54) is 22.9 Å². The number of benzene rings is 2. The Balaban J connectivity index is 2.01. The lowest BCUT2D eigenvalue weighted by atomic mass is 10.1. The summed E-state index contributed by atoms with van der Waals surface area (Å²) in [6, 6.07) is 18.6. The summed E-state index contributed by atoms with van der Waals surface area (Å²) >= 11 is 1.50. The van der Waals surface area contributed by atoms with E-state index in [0.717, 1.165) is 31.0 Å². The summed E-state index contributed by atoms with van der Waals surface area (Å²) in [5.74, 6) is 2.07. The first-order valence-electron chi connectivity index (χ1n) is 10.3. The van der Waals surface area contributed by atoms with Crippen LogP contribution in [0.3, 0.4) is 0 Å². The molecule has 2 rings (SSSR count). The molecule has 0 atom stereocenters. The van der Waals surface area contributed by atoms with Crippen LogP contribution in [0.2, 0.25) is 0 Å². The minimum atomic E-state index is 0.476. The van der Waals surface area contributed by atoms with Gasteiger partial charge < -0.3 is 5.73 Å². The highest BCUT2D eigenvalue weighted by Crippen LogP contribution is 2.14. The molecule has 0 aliphatic heterocycles. The van der Waals surface area contributed by atoms with Crippen LogP contribution >= 0.6 is 11.8 Å². The van der Waals surface area contributed by atoms with Gasteiger partial charge in [0.2, 0.25) is 0 Å². The van der Waals surface area contributed by atoms with Gasteiger partial charge in [0, 0.05) is 25.4 Å². The summed E-state index contributed by atoms with van der Waals surface area (Å²) in [5.41, 5.74) is 9.59. The molecule has 156 valence electrons. The minimum Gasteiger partial charge on any atom is -0.377 e. The standard InChI is InChI=1S/C24H34N4S/c1-19(2)15-28(16-20(3)4)17-23-13-9-8-12-22(23)14-26-27-24(25)29-18-21-10-6-5-7-11-21/h5-14,19-20H,15-18H2,1-4H3,(H2,25,27). The molecule has 0 saturated heterocycles. The van der Waals surface area contributed by atoms with Crippen LogP contribution < -0.4 is 5.73 Å². The number of amidine groups is 1. The van der Waals surface area contributed by atoms with Crippen LogP contribution in [-0.2, 0) is 12.3 Å². The Morgan fingerprint density at radius 1 is 0.966 bits per heavy atom. The molecule has 4 nitrogen and oxygen atoms in total. The van der Waals surface area contributed by atoms with Crippen molar-refractivity contribution in [3.63, 3.8) is 0 Å². The zero-order chi connectivity index (χ0) is 21.1. The van der Waals surface area contributed by atoms with E-state index in [0.29, 0.717) is 17.0 Å². The summed E-state index contributed by atoms with van der Waals surface area (Å²) < 4.78 is 0. The van der Waals surface area contributed by atoms with Gasteiger partial charge in [-0.15, -0.1) is 5.10 Å². The molecule has 0 aliphatic carbocycles. The van der Waals surface area contributed by atoms with Gasteiger partial charge in [0.25, 0.3) is 0 Å². The van der Waals surface area contributed by atoms with Crippen LogP contribution in [0.4, 0.5) is 0 Å². The SMILES string of the molecule is CC(C)CN(Cc1ccccc1C=NN=C(N)SCc1ccccc1)CC(C)C. The van der Waals surface area contributed by atoms with Gasteiger partial charge in [-0.05, 0) is 28.5 Å². The molecule has 29 heavy (non-hydrogen) atoms. The molecule has 0 bridgehead atoms. The molecule has 2 aromatic carbocycles. The van der Waals surface area contributed by atoms with E-state index in [1.54, 1.807) is 0 Å². The summed E-state index contributed by atoms with van der Waals surface area (Å²) in [6.45, 7) is 12.2. The van der Waals surface area contributed by atoms with Crippen molar-refractivity contribution in [1.29, 1.82) is 0 Å². The fraction of sp³-hybridized carbons (Fsp3) is 0.417. The molecular weight excluding hydrogens is 376 g/mol. The van der Waals surface area contributed by atoms with Gasteiger partial charge in [-0.25, -0.2) is 0 Å². The fourth-order valence-electron chi connectivity index (χ4n) is 3.19. The van der Waals surface area contributed by atoms with E-state index in [-0.39, 0.29) is 0 Å². The summed E-state index contributed by atoms with van der Waals surface area (Å²) in [6.07, 6.45) is 1.81. The van der Waals surface area contributed by atoms with Crippen molar-refractivity contribution in [2.45, 2.75) is 40.0 Å². The Hall–Kier alpha value is -2.11. The largest absolute Gasteiger partial charge is 0.377 e. The van der Waals surface area contributed by atoms with Gasteiger partial charge in [-0.2, -0.15) is 5.10 Å². The lowest BCUT2D eigenvalue weighted by molar-refractivity contribution is 0.211. The Morgan fingerprint density at radius 3 is 2.24 bits per heavy atom. The van der Waals surface area contributed by atoms with Gasteiger partial charge in [0.05, 0.1) is 6.21 Å². The first kappa shape index (κ1) is 23.2. The third-order valence-corrected chi connectivity index (χ3v) is 5.13. The Labute approximate surface area is 180 Å². The molecule has 2 aromatic rings. The van der Waals surface area contributed by atoms with Crippen LogP contribution in [-0.4, -0.2) is 29.4 Å². The smallest absolute Gasteiger partial charge is 0.180 e. The summed E-state index contributed by atoms with van der Waals surface area (Å²) in [4.78, 5) is 2.52. The maximum absolute atomic E-state index is 6.01. The first-order chi connectivity index (χ1) is 13.9. The van der Waals surface area contributed by atoms with E-state index in [9.17, 15) is 0 Å². The fourth-order valence-corrected chi connectivity index (χ4v) is 3.80. The molecule has 0 amide bonds. The van der Waals surface area contributed by atoms with E-state index in [1.807, 2.05) is 30.5 Å². The van der Waals surface area contributed by atoms with E-state index in [4.69, 9.17) is 5.73 Å². The Bertz CT molecular complexity index is 774. The highest BCUT2D eigenvalue weighted by molar-refractivity contribution is 8.13. The Kier molecular flexibility index (Phi) is 9.95. The van der Waals surface area contributed by atoms with E-state index < -0.39 is 0 Å². The lowest BCUT2D eigenvalue weighted by Gasteiger charge is -2.26. The molecule has 5 heteroatoms. The third-order valence-electron chi connectivity index (χ3n) is 4.28. The predicted molar refractivity (Wildman–Crippen MR) is 128 cm³/mol. The van der Waals surface area contributed by atoms with Crippen LogP contribution in [0.15, 0.2) is 64.8 Å². The minimum absolute atomic E-state index is 0.476. The molecule has 0 aromatic heterocycles. The molecule has 0 unspecified atom stereocenters. The molecule has 0 aliphatic rings. The monoisotopic (exact) mass is 410 g/mol. The average molecular weight is 411 g/mol. The van der Waals surface area contributed by atoms with Crippen molar-refractivity contribution in [1.82, 2.24) is 4.90 Å². The number of nitrogens with two attached hydrogens (primary N) is 1. The normalized spacial score (nSPS) is 12.6. The zero-order valence-electron chi connectivity index (χ0n) is 18.1. The van der Waals surface area contributed by atoms with Crippen LogP contribution in [0.25, 0.3) is 0 Å². The molecule has 0 saturated carbocycles. The second kappa shape index (κ2) is 12.5. The highest BCUT2D eigenvalue weighted by atomic mass is 32.2. The second-order valence-electron chi connectivity index (χ2n) is 8.14. The van der Waals surface area contributed by atoms with Crippen molar-refractivity contribution in [3.05, 3.63) is 71.3 Å². The molecule has 0 radical (unpaired) electrons. The van der Waals surface area contributed by atoms with Gasteiger partial charge >= 0.3 is 0 Å². The molecule has 2 N–H and O–H groups in total. The molecule has 0 fully saturated rings. The number of rotatable bonds is 10. The van der Waals surface area contributed by atoms with Crippen molar-refractivity contribution >= 4 is 23.1 Å². The van der Waals surface area contributed by atoms with Crippen LogP contribution in [0.1, 0.15) is 44.4 Å². The van der Waals surface area contributed by atoms with Crippen LogP contribution in [0, 0.1) is 11.8 Å². The van der Waals surface area contributed by atoms with Gasteiger partial charge in [-0.1, -0.05) is 94.1 Å². The third kappa shape index (κ3) is 9.29. The zero-order valence-corrected chi connectivity index (χ0v) is 18.9. The van der Waals surface area contributed by atoms with Crippen molar-refractivity contribution in [2.75, 3.05) is 13.1 Å². The Morgan fingerprint density at radius 2 is 1.59 bits per heavy atom. The molecule has 0 heterocycles. The highest BCUT2D eigenvalue weighted by Gasteiger charge is 2.11. The maximum Gasteiger partial charge on any atom is 0.180 e. The topological polar surface area (TPSA) is 54.0 Å². The van der Waals surface area contributed by atoms with Gasteiger partial charge in [0.1, 0.15) is 0 Å². The lowest BCUT2D eigenvalue weighted by Crippen LogP contribution is -2.31. The summed E-state index contributed by atoms with van der Waals surface area (Å²) in [5, 5.41) is 8.88.